The molecule has 3 nitrogen and oxygen atoms in total. The van der Waals surface area contributed by atoms with Gasteiger partial charge in [-0.3, -0.25) is 0 Å². The number of hydrogen-bond donors (Lipinski definition) is 1. The zero-order valence-corrected chi connectivity index (χ0v) is 30.1. The van der Waals surface area contributed by atoms with Gasteiger partial charge in [0.15, 0.2) is 0 Å². The van der Waals surface area contributed by atoms with Crippen molar-refractivity contribution in [1.82, 2.24) is 0 Å². The minimum absolute atomic E-state index is 0.308. The molecule has 4 aromatic carbocycles. The smallest absolute Gasteiger partial charge is 0.1000 e. The predicted molar refractivity (Wildman–Crippen MR) is 200 cm³/mol. The van der Waals surface area contributed by atoms with Crippen LogP contribution in [0.1, 0.15) is 77.6 Å². The zero-order chi connectivity index (χ0) is 32.0. The summed E-state index contributed by atoms with van der Waals surface area (Å²) >= 11 is 0. The number of hydrogen-bond acceptors (Lipinski definition) is 2. The zero-order valence-electron chi connectivity index (χ0n) is 28.3. The Morgan fingerprint density at radius 1 is 0.614 bits per heavy atom. The molecule has 5 heteroatoms. The van der Waals surface area contributed by atoms with Crippen molar-refractivity contribution >= 4 is 42.7 Å². The van der Waals surface area contributed by atoms with Crippen LogP contribution in [0, 0.1) is 13.8 Å². The molecule has 0 aromatic heterocycles. The van der Waals surface area contributed by atoms with E-state index in [9.17, 15) is 0 Å². The van der Waals surface area contributed by atoms with Crippen molar-refractivity contribution < 1.29 is 0 Å². The van der Waals surface area contributed by atoms with Crippen LogP contribution in [0.5, 0.6) is 0 Å². The van der Waals surface area contributed by atoms with Crippen molar-refractivity contribution in [3.63, 3.8) is 0 Å². The molecular formula is C39H51N3P2. The number of nitrogens with one attached hydrogen (secondary N) is 1. The highest BCUT2D eigenvalue weighted by Gasteiger charge is 2.34. The molecule has 0 unspecified atom stereocenters. The fourth-order valence-electron chi connectivity index (χ4n) is 6.30. The van der Waals surface area contributed by atoms with Gasteiger partial charge in [0.1, 0.15) is 0 Å². The standard InChI is InChI=1S/C39H51N3P2/c1-27(2)43(28(3)4)37-25-31(9)21-23-35(37)40-36-24-22-32(10)26-38(36)44(29(5)6,30(7)8)42-41-39(33-17-13-11-14-18-33)34-19-15-12-16-20-34/h11-30,40H,1-10H3. The predicted octanol–water partition coefficient (Wildman–Crippen LogP) is 11.1. The molecule has 0 amide bonds. The highest BCUT2D eigenvalue weighted by Crippen LogP contribution is 2.59. The third-order valence-electron chi connectivity index (χ3n) is 8.31. The van der Waals surface area contributed by atoms with Crippen LogP contribution < -0.4 is 15.9 Å². The molecule has 0 saturated heterocycles. The lowest BCUT2D eigenvalue weighted by atomic mass is 10.0. The highest BCUT2D eigenvalue weighted by atomic mass is 31.2. The van der Waals surface area contributed by atoms with Crippen molar-refractivity contribution in [2.75, 3.05) is 5.32 Å². The molecule has 0 heterocycles. The molecule has 0 bridgehead atoms. The Labute approximate surface area is 268 Å². The first-order chi connectivity index (χ1) is 21.0. The summed E-state index contributed by atoms with van der Waals surface area (Å²) in [5.41, 5.74) is 9.82. The fraction of sp³-hybridized carbons (Fsp3) is 0.359. The van der Waals surface area contributed by atoms with E-state index in [2.05, 4.69) is 172 Å². The Morgan fingerprint density at radius 2 is 1.09 bits per heavy atom. The summed E-state index contributed by atoms with van der Waals surface area (Å²) in [4.78, 5) is 5.51. The summed E-state index contributed by atoms with van der Waals surface area (Å²) < 4.78 is 0. The van der Waals surface area contributed by atoms with Gasteiger partial charge < -0.3 is 5.32 Å². The lowest BCUT2D eigenvalue weighted by Crippen LogP contribution is -2.24. The van der Waals surface area contributed by atoms with Gasteiger partial charge in [-0.15, -0.1) is 0 Å². The Hall–Kier alpha value is -2.99. The average molecular weight is 624 g/mol. The third kappa shape index (κ3) is 7.44. The number of nitrogens with zero attached hydrogens (tertiary/aromatic N) is 2. The molecule has 0 atom stereocenters. The SMILES string of the molecule is Cc1ccc(Nc2ccc(C)cc2P(=NN=C(c2ccccc2)c2ccccc2)(C(C)C)C(C)C)c(P(C(C)C)C(C)C)c1. The van der Waals surface area contributed by atoms with Gasteiger partial charge in [0.05, 0.1) is 5.71 Å². The minimum atomic E-state index is -2.19. The maximum Gasteiger partial charge on any atom is 0.1000 e. The highest BCUT2D eigenvalue weighted by molar-refractivity contribution is 7.75. The summed E-state index contributed by atoms with van der Waals surface area (Å²) in [5, 5.41) is 12.0. The molecule has 4 aromatic rings. The van der Waals surface area contributed by atoms with Crippen molar-refractivity contribution in [1.29, 1.82) is 0 Å². The molecule has 232 valence electrons. The van der Waals surface area contributed by atoms with E-state index in [0.717, 1.165) is 22.5 Å². The summed E-state index contributed by atoms with van der Waals surface area (Å²) in [6.45, 7) is 23.2. The van der Waals surface area contributed by atoms with Crippen LogP contribution in [0.25, 0.3) is 0 Å². The second-order valence-electron chi connectivity index (χ2n) is 13.0. The van der Waals surface area contributed by atoms with Crippen molar-refractivity contribution in [3.8, 4) is 0 Å². The van der Waals surface area contributed by atoms with Crippen LogP contribution in [0.15, 0.2) is 107 Å². The molecule has 0 aliphatic heterocycles. The molecule has 1 N–H and O–H groups in total. The van der Waals surface area contributed by atoms with E-state index < -0.39 is 7.05 Å². The lowest BCUT2D eigenvalue weighted by molar-refractivity contribution is 0.990. The van der Waals surface area contributed by atoms with Gasteiger partial charge >= 0.3 is 0 Å². The molecule has 0 spiro atoms. The van der Waals surface area contributed by atoms with Crippen LogP contribution in [-0.4, -0.2) is 28.3 Å². The van der Waals surface area contributed by atoms with Crippen molar-refractivity contribution in [2.24, 2.45) is 9.96 Å². The van der Waals surface area contributed by atoms with Gasteiger partial charge in [0.25, 0.3) is 0 Å². The number of benzene rings is 4. The van der Waals surface area contributed by atoms with E-state index in [0.29, 0.717) is 22.6 Å². The largest absolute Gasteiger partial charge is 0.354 e. The van der Waals surface area contributed by atoms with E-state index in [4.69, 9.17) is 9.96 Å². The summed E-state index contributed by atoms with van der Waals surface area (Å²) in [6, 6.07) is 34.7. The average Bonchev–Trinajstić information content (AvgIpc) is 2.98. The second kappa shape index (κ2) is 14.9. The first-order valence-electron chi connectivity index (χ1n) is 16.0. The van der Waals surface area contributed by atoms with Crippen LogP contribution in [0.3, 0.4) is 0 Å². The van der Waals surface area contributed by atoms with Gasteiger partial charge in [0.2, 0.25) is 0 Å². The Kier molecular flexibility index (Phi) is 11.4. The Morgan fingerprint density at radius 3 is 1.57 bits per heavy atom. The summed E-state index contributed by atoms with van der Waals surface area (Å²) in [7, 11) is -2.54. The minimum Gasteiger partial charge on any atom is -0.354 e. The molecule has 0 fully saturated rings. The topological polar surface area (TPSA) is 36.8 Å². The van der Waals surface area contributed by atoms with Crippen LogP contribution in [0.4, 0.5) is 11.4 Å². The molecule has 0 aliphatic rings. The van der Waals surface area contributed by atoms with E-state index in [-0.39, 0.29) is 7.92 Å². The first-order valence-corrected chi connectivity index (χ1v) is 19.4. The van der Waals surface area contributed by atoms with Gasteiger partial charge in [-0.25, -0.2) is 0 Å². The van der Waals surface area contributed by atoms with Crippen LogP contribution in [0.2, 0.25) is 0 Å². The Balaban J connectivity index is 1.98. The van der Waals surface area contributed by atoms with Gasteiger partial charge in [-0.2, -0.15) is 9.96 Å². The maximum absolute atomic E-state index is 5.51. The maximum atomic E-state index is 5.51. The summed E-state index contributed by atoms with van der Waals surface area (Å²) in [5.74, 6) is 0. The fourth-order valence-corrected chi connectivity index (χ4v) is 13.3. The number of aryl methyl sites for hydroxylation is 2. The van der Waals surface area contributed by atoms with Crippen molar-refractivity contribution in [3.05, 3.63) is 119 Å². The lowest BCUT2D eigenvalue weighted by Gasteiger charge is -2.34. The molecule has 44 heavy (non-hydrogen) atoms. The molecule has 0 saturated carbocycles. The number of rotatable bonds is 11. The monoisotopic (exact) mass is 623 g/mol. The third-order valence-corrected chi connectivity index (χ3v) is 16.1. The van der Waals surface area contributed by atoms with E-state index in [1.165, 1.54) is 27.4 Å². The van der Waals surface area contributed by atoms with Crippen LogP contribution in [-0.2, 0) is 0 Å². The number of anilines is 2. The van der Waals surface area contributed by atoms with Gasteiger partial charge in [-0.05, 0) is 60.7 Å². The Bertz CT molecular complexity index is 1560. The normalized spacial score (nSPS) is 12.0. The second-order valence-corrected chi connectivity index (χ2v) is 20.5. The molecule has 4 rings (SSSR count). The summed E-state index contributed by atoms with van der Waals surface area (Å²) in [6.07, 6.45) is 0. The molecule has 0 aliphatic carbocycles. The van der Waals surface area contributed by atoms with E-state index in [1.807, 2.05) is 0 Å². The van der Waals surface area contributed by atoms with Crippen LogP contribution >= 0.6 is 15.0 Å². The molecule has 0 radical (unpaired) electrons. The van der Waals surface area contributed by atoms with Gasteiger partial charge in [-0.1, -0.05) is 147 Å². The quantitative estimate of drug-likeness (QED) is 0.101. The van der Waals surface area contributed by atoms with E-state index in [1.54, 1.807) is 0 Å². The first kappa shape index (κ1) is 33.9. The van der Waals surface area contributed by atoms with Crippen molar-refractivity contribution in [2.45, 2.75) is 91.9 Å². The van der Waals surface area contributed by atoms with E-state index >= 15 is 0 Å². The molecular weight excluding hydrogens is 572 g/mol. The van der Waals surface area contributed by atoms with Gasteiger partial charge in [0, 0.05) is 40.2 Å².